The number of nitrogens with zero attached hydrogens (tertiary/aromatic N) is 1. The van der Waals surface area contributed by atoms with Gasteiger partial charge in [-0.15, -0.1) is 12.4 Å². The number of benzene rings is 1. The zero-order chi connectivity index (χ0) is 15.9. The molecule has 1 N–H and O–H groups in total. The van der Waals surface area contributed by atoms with Crippen molar-refractivity contribution in [1.82, 2.24) is 10.5 Å². The molecule has 1 saturated carbocycles. The second kappa shape index (κ2) is 9.70. The van der Waals surface area contributed by atoms with Gasteiger partial charge in [0.25, 0.3) is 0 Å². The molecule has 1 aliphatic carbocycles. The highest BCUT2D eigenvalue weighted by Crippen LogP contribution is 2.24. The summed E-state index contributed by atoms with van der Waals surface area (Å²) >= 11 is 0. The van der Waals surface area contributed by atoms with Crippen molar-refractivity contribution in [2.45, 2.75) is 52.1 Å². The van der Waals surface area contributed by atoms with E-state index in [1.165, 1.54) is 37.7 Å². The Kier molecular flexibility index (Phi) is 7.60. The Hall–Kier alpha value is -1.52. The maximum atomic E-state index is 6.00. The van der Waals surface area contributed by atoms with Crippen LogP contribution in [0.1, 0.15) is 49.1 Å². The lowest BCUT2D eigenvalue weighted by Crippen LogP contribution is -2.15. The number of ether oxygens (including phenoxy) is 1. The minimum absolute atomic E-state index is 0. The first kappa shape index (κ1) is 18.8. The molecule has 0 atom stereocenters. The molecule has 3 rings (SSSR count). The predicted molar refractivity (Wildman–Crippen MR) is 97.5 cm³/mol. The van der Waals surface area contributed by atoms with E-state index in [4.69, 9.17) is 9.26 Å². The lowest BCUT2D eigenvalue weighted by atomic mass is 9.90. The van der Waals surface area contributed by atoms with Crippen LogP contribution in [0.5, 0.6) is 5.75 Å². The summed E-state index contributed by atoms with van der Waals surface area (Å²) < 4.78 is 11.1. The first-order valence-corrected chi connectivity index (χ1v) is 8.64. The highest BCUT2D eigenvalue weighted by molar-refractivity contribution is 5.85. The van der Waals surface area contributed by atoms with Gasteiger partial charge in [0.15, 0.2) is 0 Å². The molecule has 1 aromatic carbocycles. The van der Waals surface area contributed by atoms with Gasteiger partial charge in [0.1, 0.15) is 11.5 Å². The Morgan fingerprint density at radius 3 is 2.75 bits per heavy atom. The average Bonchev–Trinajstić information content (AvgIpc) is 3.00. The lowest BCUT2D eigenvalue weighted by molar-refractivity contribution is 0.208. The molecule has 4 nitrogen and oxygen atoms in total. The highest BCUT2D eigenvalue weighted by Gasteiger charge is 2.13. The first-order valence-electron chi connectivity index (χ1n) is 8.64. The van der Waals surface area contributed by atoms with Crippen molar-refractivity contribution < 1.29 is 9.26 Å². The minimum atomic E-state index is 0. The third kappa shape index (κ3) is 5.84. The van der Waals surface area contributed by atoms with Crippen molar-refractivity contribution in [3.05, 3.63) is 47.3 Å². The number of aryl methyl sites for hydroxylation is 1. The van der Waals surface area contributed by atoms with Crippen LogP contribution in [0.15, 0.2) is 34.9 Å². The van der Waals surface area contributed by atoms with Crippen LogP contribution in [0.3, 0.4) is 0 Å². The molecule has 5 heteroatoms. The second-order valence-electron chi connectivity index (χ2n) is 6.49. The molecule has 1 aromatic heterocycles. The molecular formula is C19H27ClN2O2. The van der Waals surface area contributed by atoms with Crippen LogP contribution in [0.2, 0.25) is 0 Å². The van der Waals surface area contributed by atoms with Gasteiger partial charge in [0.05, 0.1) is 12.3 Å². The van der Waals surface area contributed by atoms with Crippen molar-refractivity contribution in [3.63, 3.8) is 0 Å². The molecule has 1 fully saturated rings. The van der Waals surface area contributed by atoms with Crippen LogP contribution in [0.25, 0.3) is 0 Å². The Morgan fingerprint density at radius 2 is 2.00 bits per heavy atom. The number of hydrogen-bond acceptors (Lipinski definition) is 4. The van der Waals surface area contributed by atoms with Gasteiger partial charge in [-0.1, -0.05) is 36.6 Å². The van der Waals surface area contributed by atoms with Gasteiger partial charge in [-0.3, -0.25) is 0 Å². The SMILES string of the molecule is Cc1cc(CNCc2cccc(OCC3CCCCC3)c2)no1.Cl. The van der Waals surface area contributed by atoms with Gasteiger partial charge in [-0.2, -0.15) is 0 Å². The van der Waals surface area contributed by atoms with Crippen LogP contribution in [-0.4, -0.2) is 11.8 Å². The molecule has 0 bridgehead atoms. The van der Waals surface area contributed by atoms with E-state index >= 15 is 0 Å². The van der Waals surface area contributed by atoms with E-state index in [2.05, 4.69) is 28.7 Å². The van der Waals surface area contributed by atoms with E-state index in [1.807, 2.05) is 19.1 Å². The first-order chi connectivity index (χ1) is 11.3. The normalized spacial score (nSPS) is 15.0. The number of nitrogens with one attached hydrogen (secondary N) is 1. The van der Waals surface area contributed by atoms with Gasteiger partial charge in [-0.25, -0.2) is 0 Å². The van der Waals surface area contributed by atoms with Gasteiger partial charge >= 0.3 is 0 Å². The molecule has 0 unspecified atom stereocenters. The van der Waals surface area contributed by atoms with Crippen molar-refractivity contribution in [3.8, 4) is 5.75 Å². The quantitative estimate of drug-likeness (QED) is 0.789. The van der Waals surface area contributed by atoms with Crippen LogP contribution in [0, 0.1) is 12.8 Å². The van der Waals surface area contributed by atoms with Crippen molar-refractivity contribution in [1.29, 1.82) is 0 Å². The summed E-state index contributed by atoms with van der Waals surface area (Å²) in [5.41, 5.74) is 2.17. The maximum absolute atomic E-state index is 6.00. The van der Waals surface area contributed by atoms with Crippen LogP contribution in [0.4, 0.5) is 0 Å². The molecule has 0 aliphatic heterocycles. The zero-order valence-electron chi connectivity index (χ0n) is 14.3. The molecule has 0 saturated heterocycles. The molecule has 0 radical (unpaired) electrons. The fourth-order valence-electron chi connectivity index (χ4n) is 3.15. The summed E-state index contributed by atoms with van der Waals surface area (Å²) in [4.78, 5) is 0. The Bertz CT molecular complexity index is 609. The number of halogens is 1. The number of rotatable bonds is 7. The number of hydrogen-bond donors (Lipinski definition) is 1. The monoisotopic (exact) mass is 350 g/mol. The van der Waals surface area contributed by atoms with E-state index in [9.17, 15) is 0 Å². The lowest BCUT2D eigenvalue weighted by Gasteiger charge is -2.21. The fourth-order valence-corrected chi connectivity index (χ4v) is 3.15. The smallest absolute Gasteiger partial charge is 0.133 e. The molecule has 1 aliphatic rings. The third-order valence-corrected chi connectivity index (χ3v) is 4.42. The van der Waals surface area contributed by atoms with E-state index in [0.29, 0.717) is 6.54 Å². The molecular weight excluding hydrogens is 324 g/mol. The minimum Gasteiger partial charge on any atom is -0.493 e. The Labute approximate surface area is 150 Å². The van der Waals surface area contributed by atoms with Crippen molar-refractivity contribution >= 4 is 12.4 Å². The van der Waals surface area contributed by atoms with E-state index < -0.39 is 0 Å². The summed E-state index contributed by atoms with van der Waals surface area (Å²) in [7, 11) is 0. The highest BCUT2D eigenvalue weighted by atomic mass is 35.5. The summed E-state index contributed by atoms with van der Waals surface area (Å²) in [6, 6.07) is 10.3. The summed E-state index contributed by atoms with van der Waals surface area (Å²) in [5, 5.41) is 7.37. The molecule has 1 heterocycles. The molecule has 0 spiro atoms. The standard InChI is InChI=1S/C19H26N2O2.ClH/c1-15-10-18(21-23-15)13-20-12-17-8-5-9-19(11-17)22-14-16-6-3-2-4-7-16;/h5,8-11,16,20H,2-4,6-7,12-14H2,1H3;1H. The average molecular weight is 351 g/mol. The largest absolute Gasteiger partial charge is 0.493 e. The molecule has 2 aromatic rings. The van der Waals surface area contributed by atoms with E-state index in [1.54, 1.807) is 0 Å². The predicted octanol–water partition coefficient (Wildman–Crippen LogP) is 4.65. The molecule has 0 amide bonds. The third-order valence-electron chi connectivity index (χ3n) is 4.42. The maximum Gasteiger partial charge on any atom is 0.133 e. The summed E-state index contributed by atoms with van der Waals surface area (Å²) in [6.07, 6.45) is 6.75. The van der Waals surface area contributed by atoms with Gasteiger partial charge < -0.3 is 14.6 Å². The number of aromatic nitrogens is 1. The Balaban J connectivity index is 0.00000208. The van der Waals surface area contributed by atoms with Gasteiger partial charge in [0, 0.05) is 19.2 Å². The van der Waals surface area contributed by atoms with Crippen molar-refractivity contribution in [2.75, 3.05) is 6.61 Å². The summed E-state index contributed by atoms with van der Waals surface area (Å²) in [6.45, 7) is 4.27. The summed E-state index contributed by atoms with van der Waals surface area (Å²) in [5.74, 6) is 2.56. The Morgan fingerprint density at radius 1 is 1.17 bits per heavy atom. The fraction of sp³-hybridized carbons (Fsp3) is 0.526. The molecule has 132 valence electrons. The van der Waals surface area contributed by atoms with Crippen LogP contribution in [-0.2, 0) is 13.1 Å². The van der Waals surface area contributed by atoms with E-state index in [-0.39, 0.29) is 12.4 Å². The topological polar surface area (TPSA) is 47.3 Å². The van der Waals surface area contributed by atoms with Crippen LogP contribution < -0.4 is 10.1 Å². The van der Waals surface area contributed by atoms with Gasteiger partial charge in [0.2, 0.25) is 0 Å². The molecule has 24 heavy (non-hydrogen) atoms. The zero-order valence-corrected chi connectivity index (χ0v) is 15.1. The van der Waals surface area contributed by atoms with E-state index in [0.717, 1.165) is 36.3 Å². The van der Waals surface area contributed by atoms with Crippen molar-refractivity contribution in [2.24, 2.45) is 5.92 Å². The van der Waals surface area contributed by atoms with Gasteiger partial charge in [-0.05, 0) is 43.4 Å². The second-order valence-corrected chi connectivity index (χ2v) is 6.49. The van der Waals surface area contributed by atoms with Crippen LogP contribution >= 0.6 is 12.4 Å².